The molecular weight excluding hydrogens is 466 g/mol. The number of carbonyl (C=O) groups is 2. The predicted octanol–water partition coefficient (Wildman–Crippen LogP) is 5.84. The molecule has 1 fully saturated rings. The number of aliphatic hydroxyl groups excluding tert-OH is 1. The van der Waals surface area contributed by atoms with E-state index in [9.17, 15) is 14.7 Å². The van der Waals surface area contributed by atoms with Crippen molar-refractivity contribution in [3.05, 3.63) is 94.6 Å². The second-order valence-corrected chi connectivity index (χ2v) is 9.85. The topological polar surface area (TPSA) is 95.5 Å². The van der Waals surface area contributed by atoms with Gasteiger partial charge >= 0.3 is 5.91 Å². The van der Waals surface area contributed by atoms with E-state index in [1.54, 1.807) is 18.2 Å². The van der Waals surface area contributed by atoms with Crippen LogP contribution in [0.15, 0.2) is 72.3 Å². The van der Waals surface area contributed by atoms with Crippen LogP contribution >= 0.6 is 0 Å². The number of fused-ring (bicyclic) bond motifs is 1. The zero-order chi connectivity index (χ0) is 26.3. The Morgan fingerprint density at radius 2 is 1.84 bits per heavy atom. The Bertz CT molecular complexity index is 1520. The monoisotopic (exact) mass is 495 g/mol. The number of aryl methyl sites for hydroxylation is 2. The number of ether oxygens (including phenoxy) is 1. The van der Waals surface area contributed by atoms with Gasteiger partial charge in [0.1, 0.15) is 11.5 Å². The van der Waals surface area contributed by atoms with E-state index in [1.807, 2.05) is 62.4 Å². The number of rotatable bonds is 6. The van der Waals surface area contributed by atoms with Gasteiger partial charge in [-0.05, 0) is 61.2 Å². The molecule has 0 spiro atoms. The van der Waals surface area contributed by atoms with Gasteiger partial charge in [0.2, 0.25) is 5.95 Å². The third-order valence-corrected chi connectivity index (χ3v) is 6.43. The molecule has 1 unspecified atom stereocenters. The van der Waals surface area contributed by atoms with E-state index in [-0.39, 0.29) is 17.3 Å². The van der Waals surface area contributed by atoms with Crippen LogP contribution in [0.1, 0.15) is 42.1 Å². The van der Waals surface area contributed by atoms with E-state index in [4.69, 9.17) is 4.74 Å². The van der Waals surface area contributed by atoms with Crippen molar-refractivity contribution in [2.75, 3.05) is 11.5 Å². The number of Topliss-reactive ketones (excluding diaryl/α,β-unsaturated/α-hetero) is 1. The first-order chi connectivity index (χ1) is 17.7. The number of para-hydroxylation sites is 2. The first-order valence-corrected chi connectivity index (χ1v) is 12.3. The molecule has 2 N–H and O–H groups in total. The number of hydrogen-bond donors (Lipinski definition) is 2. The number of imidazole rings is 1. The van der Waals surface area contributed by atoms with Gasteiger partial charge in [0.15, 0.2) is 0 Å². The van der Waals surface area contributed by atoms with Crippen LogP contribution in [-0.2, 0) is 9.59 Å². The minimum atomic E-state index is -0.849. The summed E-state index contributed by atoms with van der Waals surface area (Å²) in [5, 5.41) is 11.5. The normalized spacial score (nSPS) is 17.2. The molecule has 188 valence electrons. The summed E-state index contributed by atoms with van der Waals surface area (Å²) in [6.07, 6.45) is 0. The standard InChI is InChI=1S/C30H29N3O4/c1-17(2)16-37-24-13-12-21(15-19(24)4)27(34)25-26(20-9-7-8-18(3)14-20)33(29(36)28(25)35)30-31-22-10-5-6-11-23(22)32-30/h5-15,17,26,34H,16H2,1-4H3,(H,31,32)/b27-25+. The van der Waals surface area contributed by atoms with Crippen molar-refractivity contribution in [3.8, 4) is 5.75 Å². The fourth-order valence-electron chi connectivity index (χ4n) is 4.63. The predicted molar refractivity (Wildman–Crippen MR) is 144 cm³/mol. The van der Waals surface area contributed by atoms with Gasteiger partial charge in [-0.1, -0.05) is 55.8 Å². The Balaban J connectivity index is 1.65. The van der Waals surface area contributed by atoms with Crippen molar-refractivity contribution in [3.63, 3.8) is 0 Å². The second-order valence-electron chi connectivity index (χ2n) is 9.85. The zero-order valence-electron chi connectivity index (χ0n) is 21.3. The quantitative estimate of drug-likeness (QED) is 0.199. The molecule has 1 aliphatic heterocycles. The molecule has 4 aromatic rings. The molecule has 1 aromatic heterocycles. The molecule has 7 nitrogen and oxygen atoms in total. The Morgan fingerprint density at radius 3 is 2.54 bits per heavy atom. The van der Waals surface area contributed by atoms with Crippen molar-refractivity contribution in [1.82, 2.24) is 9.97 Å². The second kappa shape index (κ2) is 9.58. The number of benzene rings is 3. The lowest BCUT2D eigenvalue weighted by Gasteiger charge is -2.23. The summed E-state index contributed by atoms with van der Waals surface area (Å²) in [7, 11) is 0. The van der Waals surface area contributed by atoms with Crippen molar-refractivity contribution >= 4 is 34.4 Å². The average Bonchev–Trinajstić information content (AvgIpc) is 3.41. The van der Waals surface area contributed by atoms with Gasteiger partial charge in [0.05, 0.1) is 29.3 Å². The van der Waals surface area contributed by atoms with Gasteiger partial charge in [-0.25, -0.2) is 4.98 Å². The minimum absolute atomic E-state index is 0.0197. The average molecular weight is 496 g/mol. The first kappa shape index (κ1) is 24.3. The van der Waals surface area contributed by atoms with Crippen molar-refractivity contribution in [1.29, 1.82) is 0 Å². The number of hydrogen-bond acceptors (Lipinski definition) is 5. The Kier molecular flexibility index (Phi) is 6.29. The van der Waals surface area contributed by atoms with Gasteiger partial charge in [-0.2, -0.15) is 0 Å². The third kappa shape index (κ3) is 4.48. The molecule has 7 heteroatoms. The molecule has 0 bridgehead atoms. The lowest BCUT2D eigenvalue weighted by atomic mass is 9.94. The van der Waals surface area contributed by atoms with Gasteiger partial charge < -0.3 is 14.8 Å². The number of aromatic nitrogens is 2. The summed E-state index contributed by atoms with van der Waals surface area (Å²) in [4.78, 5) is 35.9. The molecule has 1 saturated heterocycles. The van der Waals surface area contributed by atoms with Crippen molar-refractivity contribution in [2.24, 2.45) is 5.92 Å². The number of H-pyrrole nitrogens is 1. The van der Waals surface area contributed by atoms with E-state index in [0.29, 0.717) is 34.9 Å². The van der Waals surface area contributed by atoms with Crippen LogP contribution in [0.3, 0.4) is 0 Å². The van der Waals surface area contributed by atoms with Crippen molar-refractivity contribution in [2.45, 2.75) is 33.7 Å². The molecule has 37 heavy (non-hydrogen) atoms. The number of anilines is 1. The van der Waals surface area contributed by atoms with Gasteiger partial charge in [-0.3, -0.25) is 14.5 Å². The molecule has 0 saturated carbocycles. The largest absolute Gasteiger partial charge is 0.507 e. The van der Waals surface area contributed by atoms with Crippen LogP contribution in [0.4, 0.5) is 5.95 Å². The van der Waals surface area contributed by atoms with Gasteiger partial charge in [0, 0.05) is 5.56 Å². The minimum Gasteiger partial charge on any atom is -0.507 e. The number of nitrogens with one attached hydrogen (secondary N) is 1. The summed E-state index contributed by atoms with van der Waals surface area (Å²) in [6.45, 7) is 8.54. The molecule has 1 amide bonds. The van der Waals surface area contributed by atoms with E-state index < -0.39 is 17.7 Å². The maximum absolute atomic E-state index is 13.4. The number of amides is 1. The lowest BCUT2D eigenvalue weighted by Crippen LogP contribution is -2.30. The van der Waals surface area contributed by atoms with E-state index >= 15 is 0 Å². The molecule has 1 atom stereocenters. The van der Waals surface area contributed by atoms with Crippen LogP contribution < -0.4 is 9.64 Å². The summed E-state index contributed by atoms with van der Waals surface area (Å²) >= 11 is 0. The highest BCUT2D eigenvalue weighted by molar-refractivity contribution is 6.51. The Hall–Kier alpha value is -4.39. The summed E-state index contributed by atoms with van der Waals surface area (Å²) in [5.41, 5.74) is 4.37. The van der Waals surface area contributed by atoms with Crippen LogP contribution in [-0.4, -0.2) is 33.4 Å². The highest BCUT2D eigenvalue weighted by atomic mass is 16.5. The van der Waals surface area contributed by atoms with E-state index in [0.717, 1.165) is 16.6 Å². The molecule has 0 radical (unpaired) electrons. The van der Waals surface area contributed by atoms with Gasteiger partial charge in [0.25, 0.3) is 5.78 Å². The molecule has 3 aromatic carbocycles. The Labute approximate surface area is 215 Å². The van der Waals surface area contributed by atoms with E-state index in [2.05, 4.69) is 23.8 Å². The van der Waals surface area contributed by atoms with Crippen LogP contribution in [0.2, 0.25) is 0 Å². The molecule has 1 aliphatic rings. The maximum atomic E-state index is 13.4. The Morgan fingerprint density at radius 1 is 1.05 bits per heavy atom. The van der Waals surface area contributed by atoms with Crippen LogP contribution in [0.25, 0.3) is 16.8 Å². The van der Waals surface area contributed by atoms with Gasteiger partial charge in [-0.15, -0.1) is 0 Å². The SMILES string of the molecule is Cc1cccc(C2/C(=C(\O)c3ccc(OCC(C)C)c(C)c3)C(=O)C(=O)N2c2nc3ccccc3[nH]2)c1. The fraction of sp³-hybridized carbons (Fsp3) is 0.233. The summed E-state index contributed by atoms with van der Waals surface area (Å²) < 4.78 is 5.86. The fourth-order valence-corrected chi connectivity index (χ4v) is 4.63. The number of aromatic amines is 1. The molecular formula is C30H29N3O4. The first-order valence-electron chi connectivity index (χ1n) is 12.3. The molecule has 0 aliphatic carbocycles. The zero-order valence-corrected chi connectivity index (χ0v) is 21.3. The number of aliphatic hydroxyl groups is 1. The van der Waals surface area contributed by atoms with Crippen LogP contribution in [0, 0.1) is 19.8 Å². The van der Waals surface area contributed by atoms with E-state index in [1.165, 1.54) is 4.90 Å². The third-order valence-electron chi connectivity index (χ3n) is 6.43. The highest BCUT2D eigenvalue weighted by Gasteiger charge is 2.48. The molecule has 5 rings (SSSR count). The van der Waals surface area contributed by atoms with Crippen molar-refractivity contribution < 1.29 is 19.4 Å². The molecule has 2 heterocycles. The van der Waals surface area contributed by atoms with Crippen LogP contribution in [0.5, 0.6) is 5.75 Å². The maximum Gasteiger partial charge on any atom is 0.302 e. The highest BCUT2D eigenvalue weighted by Crippen LogP contribution is 2.42. The number of carbonyl (C=O) groups excluding carboxylic acids is 2. The lowest BCUT2D eigenvalue weighted by molar-refractivity contribution is -0.132. The number of nitrogens with zero attached hydrogens (tertiary/aromatic N) is 2. The smallest absolute Gasteiger partial charge is 0.302 e. The summed E-state index contributed by atoms with van der Waals surface area (Å²) in [6, 6.07) is 19.4. The number of ketones is 1. The summed E-state index contributed by atoms with van der Waals surface area (Å²) in [5.74, 6) is -0.410.